The molecule has 0 saturated carbocycles. The lowest BCUT2D eigenvalue weighted by Crippen LogP contribution is -2.10. The fourth-order valence-corrected chi connectivity index (χ4v) is 1.47. The zero-order valence-electron chi connectivity index (χ0n) is 8.48. The van der Waals surface area contributed by atoms with E-state index >= 15 is 0 Å². The highest BCUT2D eigenvalue weighted by Gasteiger charge is 2.01. The number of hydrogen-bond acceptors (Lipinski definition) is 1. The number of carbonyl (C=O) groups is 1. The molecule has 2 N–H and O–H groups in total. The van der Waals surface area contributed by atoms with Gasteiger partial charge in [-0.2, -0.15) is 0 Å². The topological polar surface area (TPSA) is 43.1 Å². The van der Waals surface area contributed by atoms with Crippen molar-refractivity contribution in [3.05, 3.63) is 59.9 Å². The molecule has 0 aliphatic rings. The minimum atomic E-state index is -0.453. The van der Waals surface area contributed by atoms with Gasteiger partial charge in [-0.05, 0) is 35.4 Å². The second-order valence-corrected chi connectivity index (χ2v) is 3.45. The zero-order chi connectivity index (χ0) is 11.5. The van der Waals surface area contributed by atoms with E-state index in [0.29, 0.717) is 5.56 Å². The van der Waals surface area contributed by atoms with Crippen molar-refractivity contribution in [3.8, 4) is 11.1 Å². The van der Waals surface area contributed by atoms with E-state index in [1.165, 1.54) is 12.1 Å². The number of rotatable bonds is 2. The Morgan fingerprint density at radius 3 is 1.75 bits per heavy atom. The molecule has 0 spiro atoms. The normalized spacial score (nSPS) is 10.1. The van der Waals surface area contributed by atoms with Gasteiger partial charge in [0.15, 0.2) is 0 Å². The Hall–Kier alpha value is -2.16. The predicted octanol–water partition coefficient (Wildman–Crippen LogP) is 2.59. The average molecular weight is 215 g/mol. The summed E-state index contributed by atoms with van der Waals surface area (Å²) >= 11 is 0. The largest absolute Gasteiger partial charge is 0.366 e. The van der Waals surface area contributed by atoms with Gasteiger partial charge in [-0.3, -0.25) is 4.79 Å². The van der Waals surface area contributed by atoms with Crippen molar-refractivity contribution in [3.63, 3.8) is 0 Å². The number of primary amides is 1. The first-order chi connectivity index (χ1) is 7.66. The smallest absolute Gasteiger partial charge is 0.248 e. The molecule has 16 heavy (non-hydrogen) atoms. The molecule has 2 aromatic carbocycles. The SMILES string of the molecule is NC(=O)c1ccc(-c2ccc(F)cc2)cc1. The van der Waals surface area contributed by atoms with Crippen LogP contribution in [0.15, 0.2) is 48.5 Å². The van der Waals surface area contributed by atoms with Crippen molar-refractivity contribution in [2.24, 2.45) is 5.73 Å². The molecular formula is C13H10FNO. The van der Waals surface area contributed by atoms with Crippen LogP contribution in [-0.4, -0.2) is 5.91 Å². The van der Waals surface area contributed by atoms with Crippen molar-refractivity contribution in [2.45, 2.75) is 0 Å². The van der Waals surface area contributed by atoms with Crippen LogP contribution in [0.3, 0.4) is 0 Å². The first-order valence-corrected chi connectivity index (χ1v) is 4.82. The van der Waals surface area contributed by atoms with E-state index in [4.69, 9.17) is 5.73 Å². The summed E-state index contributed by atoms with van der Waals surface area (Å²) in [6, 6.07) is 13.1. The molecule has 2 rings (SSSR count). The molecule has 1 amide bonds. The monoisotopic (exact) mass is 215 g/mol. The van der Waals surface area contributed by atoms with E-state index in [2.05, 4.69) is 0 Å². The highest BCUT2D eigenvalue weighted by atomic mass is 19.1. The Bertz CT molecular complexity index is 502. The van der Waals surface area contributed by atoms with Gasteiger partial charge < -0.3 is 5.73 Å². The fourth-order valence-electron chi connectivity index (χ4n) is 1.47. The Labute approximate surface area is 92.5 Å². The highest BCUT2D eigenvalue weighted by molar-refractivity contribution is 5.93. The van der Waals surface area contributed by atoms with Crippen LogP contribution in [0.1, 0.15) is 10.4 Å². The maximum absolute atomic E-state index is 12.7. The molecule has 0 atom stereocenters. The minimum absolute atomic E-state index is 0.266. The summed E-state index contributed by atoms with van der Waals surface area (Å²) in [6.45, 7) is 0. The van der Waals surface area contributed by atoms with Gasteiger partial charge in [0, 0.05) is 5.56 Å². The van der Waals surface area contributed by atoms with Crippen LogP contribution in [0.25, 0.3) is 11.1 Å². The molecular weight excluding hydrogens is 205 g/mol. The Kier molecular flexibility index (Phi) is 2.68. The molecule has 80 valence electrons. The van der Waals surface area contributed by atoms with Gasteiger partial charge in [0.25, 0.3) is 0 Å². The van der Waals surface area contributed by atoms with Gasteiger partial charge in [0.05, 0.1) is 0 Å². The first-order valence-electron chi connectivity index (χ1n) is 4.82. The van der Waals surface area contributed by atoms with Crippen molar-refractivity contribution >= 4 is 5.91 Å². The molecule has 0 aliphatic heterocycles. The number of hydrogen-bond donors (Lipinski definition) is 1. The molecule has 0 bridgehead atoms. The molecule has 0 radical (unpaired) electrons. The maximum atomic E-state index is 12.7. The third-order valence-electron chi connectivity index (χ3n) is 2.35. The lowest BCUT2D eigenvalue weighted by Gasteiger charge is -2.02. The van der Waals surface area contributed by atoms with E-state index in [-0.39, 0.29) is 5.82 Å². The predicted molar refractivity (Wildman–Crippen MR) is 60.4 cm³/mol. The van der Waals surface area contributed by atoms with E-state index in [1.807, 2.05) is 0 Å². The summed E-state index contributed by atoms with van der Waals surface area (Å²) in [4.78, 5) is 10.9. The van der Waals surface area contributed by atoms with Crippen molar-refractivity contribution in [2.75, 3.05) is 0 Å². The molecule has 0 fully saturated rings. The van der Waals surface area contributed by atoms with E-state index in [0.717, 1.165) is 11.1 Å². The Balaban J connectivity index is 2.34. The third-order valence-corrected chi connectivity index (χ3v) is 2.35. The van der Waals surface area contributed by atoms with Crippen LogP contribution in [0.5, 0.6) is 0 Å². The molecule has 0 aromatic heterocycles. The van der Waals surface area contributed by atoms with Gasteiger partial charge in [-0.1, -0.05) is 24.3 Å². The summed E-state index contributed by atoms with van der Waals surface area (Å²) < 4.78 is 12.7. The van der Waals surface area contributed by atoms with Crippen LogP contribution < -0.4 is 5.73 Å². The van der Waals surface area contributed by atoms with Crippen LogP contribution in [0, 0.1) is 5.82 Å². The molecule has 0 aliphatic carbocycles. The molecule has 2 aromatic rings. The van der Waals surface area contributed by atoms with E-state index in [9.17, 15) is 9.18 Å². The summed E-state index contributed by atoms with van der Waals surface area (Å²) in [5.74, 6) is -0.719. The van der Waals surface area contributed by atoms with Gasteiger partial charge in [-0.25, -0.2) is 4.39 Å². The molecule has 2 nitrogen and oxygen atoms in total. The fraction of sp³-hybridized carbons (Fsp3) is 0. The van der Waals surface area contributed by atoms with Gasteiger partial charge in [0.1, 0.15) is 5.82 Å². The molecule has 0 unspecified atom stereocenters. The highest BCUT2D eigenvalue weighted by Crippen LogP contribution is 2.19. The summed E-state index contributed by atoms with van der Waals surface area (Å²) in [7, 11) is 0. The Morgan fingerprint density at radius 1 is 0.875 bits per heavy atom. The number of amides is 1. The first kappa shape index (κ1) is 10.4. The van der Waals surface area contributed by atoms with Crippen LogP contribution in [0.2, 0.25) is 0 Å². The van der Waals surface area contributed by atoms with Crippen LogP contribution in [-0.2, 0) is 0 Å². The van der Waals surface area contributed by atoms with E-state index < -0.39 is 5.91 Å². The second-order valence-electron chi connectivity index (χ2n) is 3.45. The second kappa shape index (κ2) is 4.14. The zero-order valence-corrected chi connectivity index (χ0v) is 8.48. The lowest BCUT2D eigenvalue weighted by molar-refractivity contribution is 0.100. The van der Waals surface area contributed by atoms with Crippen LogP contribution in [0.4, 0.5) is 4.39 Å². The number of halogens is 1. The van der Waals surface area contributed by atoms with Gasteiger partial charge >= 0.3 is 0 Å². The standard InChI is InChI=1S/C13H10FNO/c14-12-7-5-10(6-8-12)9-1-3-11(4-2-9)13(15)16/h1-8H,(H2,15,16). The Morgan fingerprint density at radius 2 is 1.31 bits per heavy atom. The molecule has 0 heterocycles. The van der Waals surface area contributed by atoms with Crippen molar-refractivity contribution in [1.82, 2.24) is 0 Å². The molecule has 0 saturated heterocycles. The van der Waals surface area contributed by atoms with Crippen LogP contribution >= 0.6 is 0 Å². The maximum Gasteiger partial charge on any atom is 0.248 e. The summed E-state index contributed by atoms with van der Waals surface area (Å²) in [5, 5.41) is 0. The lowest BCUT2D eigenvalue weighted by atomic mass is 10.0. The van der Waals surface area contributed by atoms with Crippen molar-refractivity contribution < 1.29 is 9.18 Å². The number of carbonyl (C=O) groups excluding carboxylic acids is 1. The number of nitrogens with two attached hydrogens (primary N) is 1. The van der Waals surface area contributed by atoms with Crippen molar-refractivity contribution in [1.29, 1.82) is 0 Å². The average Bonchev–Trinajstić information content (AvgIpc) is 2.30. The minimum Gasteiger partial charge on any atom is -0.366 e. The summed E-state index contributed by atoms with van der Waals surface area (Å²) in [6.07, 6.45) is 0. The van der Waals surface area contributed by atoms with Gasteiger partial charge in [-0.15, -0.1) is 0 Å². The molecule has 3 heteroatoms. The third kappa shape index (κ3) is 2.08. The van der Waals surface area contributed by atoms with E-state index in [1.54, 1.807) is 36.4 Å². The quantitative estimate of drug-likeness (QED) is 0.822. The van der Waals surface area contributed by atoms with Gasteiger partial charge in [0.2, 0.25) is 5.91 Å². The summed E-state index contributed by atoms with van der Waals surface area (Å²) in [5.41, 5.74) is 7.42. The number of benzene rings is 2.